The highest BCUT2D eigenvalue weighted by Crippen LogP contribution is 2.11. The van der Waals surface area contributed by atoms with E-state index in [9.17, 15) is 0 Å². The van der Waals surface area contributed by atoms with E-state index in [1.54, 1.807) is 0 Å². The van der Waals surface area contributed by atoms with Gasteiger partial charge in [0.15, 0.2) is 0 Å². The van der Waals surface area contributed by atoms with Gasteiger partial charge in [-0.25, -0.2) is 0 Å². The second kappa shape index (κ2) is 7.79. The molecular weight excluding hydrogens is 246 g/mol. The van der Waals surface area contributed by atoms with Crippen molar-refractivity contribution in [2.75, 3.05) is 22.7 Å². The Hall–Kier alpha value is -0.420. The Bertz CT molecular complexity index is 295. The van der Waals surface area contributed by atoms with Gasteiger partial charge in [-0.2, -0.15) is 11.8 Å². The number of nitrogens with one attached hydrogen (secondary N) is 1. The smallest absolute Gasteiger partial charge is 0.315 e. The van der Waals surface area contributed by atoms with Crippen LogP contribution in [0.1, 0.15) is 26.2 Å². The van der Waals surface area contributed by atoms with Crippen LogP contribution in [-0.4, -0.2) is 33.6 Å². The van der Waals surface area contributed by atoms with Gasteiger partial charge < -0.3 is 9.73 Å². The van der Waals surface area contributed by atoms with Crippen molar-refractivity contribution in [3.63, 3.8) is 0 Å². The number of hydrogen-bond acceptors (Lipinski definition) is 5. The van der Waals surface area contributed by atoms with Gasteiger partial charge in [0.25, 0.3) is 0 Å². The SMILES string of the molecule is CCSCCC(C)Nc1nnc(CCCl)o1. The molecule has 0 spiro atoms. The molecule has 0 bridgehead atoms. The Kier molecular flexibility index (Phi) is 6.64. The standard InChI is InChI=1S/C10H18ClN3OS/c1-3-16-7-5-8(2)12-10-14-13-9(15-10)4-6-11/h8H,3-7H2,1-2H3,(H,12,14). The highest BCUT2D eigenvalue weighted by molar-refractivity contribution is 7.99. The molecule has 0 saturated carbocycles. The van der Waals surface area contributed by atoms with E-state index in [1.807, 2.05) is 11.8 Å². The summed E-state index contributed by atoms with van der Waals surface area (Å²) in [6.07, 6.45) is 1.71. The largest absolute Gasteiger partial charge is 0.408 e. The Labute approximate surface area is 106 Å². The topological polar surface area (TPSA) is 51.0 Å². The zero-order chi connectivity index (χ0) is 11.8. The summed E-state index contributed by atoms with van der Waals surface area (Å²) in [5, 5.41) is 11.0. The van der Waals surface area contributed by atoms with E-state index < -0.39 is 0 Å². The molecule has 0 radical (unpaired) electrons. The fourth-order valence-corrected chi connectivity index (χ4v) is 2.15. The third-order valence-electron chi connectivity index (χ3n) is 2.04. The molecule has 1 N–H and O–H groups in total. The van der Waals surface area contributed by atoms with E-state index in [1.165, 1.54) is 0 Å². The van der Waals surface area contributed by atoms with Crippen LogP contribution in [0.4, 0.5) is 6.01 Å². The summed E-state index contributed by atoms with van der Waals surface area (Å²) in [5.41, 5.74) is 0. The van der Waals surface area contributed by atoms with Crippen LogP contribution in [0.3, 0.4) is 0 Å². The molecule has 6 heteroatoms. The number of thioether (sulfide) groups is 1. The number of aryl methyl sites for hydroxylation is 1. The summed E-state index contributed by atoms with van der Waals surface area (Å²) in [7, 11) is 0. The minimum Gasteiger partial charge on any atom is -0.408 e. The molecule has 0 aromatic carbocycles. The Morgan fingerprint density at radius 2 is 2.31 bits per heavy atom. The molecule has 1 unspecified atom stereocenters. The van der Waals surface area contributed by atoms with Crippen LogP contribution in [0.5, 0.6) is 0 Å². The van der Waals surface area contributed by atoms with Crippen molar-refractivity contribution in [1.82, 2.24) is 10.2 Å². The third kappa shape index (κ3) is 5.07. The van der Waals surface area contributed by atoms with Gasteiger partial charge >= 0.3 is 6.01 Å². The summed E-state index contributed by atoms with van der Waals surface area (Å²) in [5.74, 6) is 3.40. The predicted molar refractivity (Wildman–Crippen MR) is 69.4 cm³/mol. The van der Waals surface area contributed by atoms with Crippen molar-refractivity contribution in [3.8, 4) is 0 Å². The first-order valence-electron chi connectivity index (χ1n) is 5.49. The molecule has 4 nitrogen and oxygen atoms in total. The van der Waals surface area contributed by atoms with E-state index >= 15 is 0 Å². The molecule has 0 aliphatic heterocycles. The number of rotatable bonds is 8. The van der Waals surface area contributed by atoms with Crippen molar-refractivity contribution >= 4 is 29.4 Å². The fraction of sp³-hybridized carbons (Fsp3) is 0.800. The first-order valence-corrected chi connectivity index (χ1v) is 7.17. The summed E-state index contributed by atoms with van der Waals surface area (Å²) in [4.78, 5) is 0. The van der Waals surface area contributed by atoms with Crippen LogP contribution in [0.2, 0.25) is 0 Å². The Morgan fingerprint density at radius 3 is 3.00 bits per heavy atom. The monoisotopic (exact) mass is 263 g/mol. The zero-order valence-corrected chi connectivity index (χ0v) is 11.3. The number of anilines is 1. The third-order valence-corrected chi connectivity index (χ3v) is 3.17. The van der Waals surface area contributed by atoms with Crippen molar-refractivity contribution < 1.29 is 4.42 Å². The van der Waals surface area contributed by atoms with Crippen molar-refractivity contribution in [2.24, 2.45) is 0 Å². The van der Waals surface area contributed by atoms with Crippen LogP contribution < -0.4 is 5.32 Å². The lowest BCUT2D eigenvalue weighted by molar-refractivity contribution is 0.506. The summed E-state index contributed by atoms with van der Waals surface area (Å²) < 4.78 is 5.38. The summed E-state index contributed by atoms with van der Waals surface area (Å²) >= 11 is 7.52. The molecule has 0 aliphatic rings. The minimum absolute atomic E-state index is 0.350. The summed E-state index contributed by atoms with van der Waals surface area (Å²) in [6.45, 7) is 4.28. The van der Waals surface area contributed by atoms with E-state index in [0.717, 1.165) is 17.9 Å². The van der Waals surface area contributed by atoms with Gasteiger partial charge in [-0.15, -0.1) is 16.7 Å². The molecule has 1 heterocycles. The van der Waals surface area contributed by atoms with Crippen LogP contribution in [0.15, 0.2) is 4.42 Å². The van der Waals surface area contributed by atoms with E-state index in [2.05, 4.69) is 29.4 Å². The molecule has 92 valence electrons. The predicted octanol–water partition coefficient (Wildman–Crippen LogP) is 2.79. The Morgan fingerprint density at radius 1 is 1.50 bits per heavy atom. The number of halogens is 1. The van der Waals surface area contributed by atoms with Gasteiger partial charge in [-0.1, -0.05) is 12.0 Å². The number of nitrogens with zero attached hydrogens (tertiary/aromatic N) is 2. The normalized spacial score (nSPS) is 12.7. The van der Waals surface area contributed by atoms with Gasteiger partial charge in [0.05, 0.1) is 0 Å². The van der Waals surface area contributed by atoms with Crippen molar-refractivity contribution in [2.45, 2.75) is 32.7 Å². The van der Waals surface area contributed by atoms with Crippen molar-refractivity contribution in [3.05, 3.63) is 5.89 Å². The van der Waals surface area contributed by atoms with E-state index in [4.69, 9.17) is 16.0 Å². The second-order valence-electron chi connectivity index (χ2n) is 3.47. The van der Waals surface area contributed by atoms with Gasteiger partial charge in [0, 0.05) is 18.3 Å². The van der Waals surface area contributed by atoms with Gasteiger partial charge in [-0.05, 0) is 24.9 Å². The first kappa shape index (κ1) is 13.6. The number of hydrogen-bond donors (Lipinski definition) is 1. The molecule has 1 aromatic rings. The molecule has 1 aromatic heterocycles. The van der Waals surface area contributed by atoms with Crippen LogP contribution >= 0.6 is 23.4 Å². The lowest BCUT2D eigenvalue weighted by atomic mass is 10.3. The molecule has 1 atom stereocenters. The quantitative estimate of drug-likeness (QED) is 0.577. The zero-order valence-electron chi connectivity index (χ0n) is 9.70. The maximum absolute atomic E-state index is 5.58. The molecule has 0 amide bonds. The number of alkyl halides is 1. The highest BCUT2D eigenvalue weighted by atomic mass is 35.5. The maximum atomic E-state index is 5.58. The van der Waals surface area contributed by atoms with E-state index in [0.29, 0.717) is 30.2 Å². The second-order valence-corrected chi connectivity index (χ2v) is 5.24. The molecule has 16 heavy (non-hydrogen) atoms. The molecule has 0 aliphatic carbocycles. The first-order chi connectivity index (χ1) is 7.76. The van der Waals surface area contributed by atoms with Gasteiger partial charge in [0.2, 0.25) is 5.89 Å². The lowest BCUT2D eigenvalue weighted by Gasteiger charge is -2.10. The van der Waals surface area contributed by atoms with Crippen LogP contribution in [0, 0.1) is 0 Å². The van der Waals surface area contributed by atoms with Crippen LogP contribution in [-0.2, 0) is 6.42 Å². The van der Waals surface area contributed by atoms with Crippen LogP contribution in [0.25, 0.3) is 0 Å². The highest BCUT2D eigenvalue weighted by Gasteiger charge is 2.08. The maximum Gasteiger partial charge on any atom is 0.315 e. The average Bonchev–Trinajstić information content (AvgIpc) is 2.66. The van der Waals surface area contributed by atoms with E-state index in [-0.39, 0.29) is 0 Å². The number of aromatic nitrogens is 2. The van der Waals surface area contributed by atoms with Gasteiger partial charge in [-0.3, -0.25) is 0 Å². The molecular formula is C10H18ClN3OS. The van der Waals surface area contributed by atoms with Crippen molar-refractivity contribution in [1.29, 1.82) is 0 Å². The average molecular weight is 264 g/mol. The molecule has 1 rings (SSSR count). The lowest BCUT2D eigenvalue weighted by Crippen LogP contribution is -2.16. The molecule has 0 saturated heterocycles. The Balaban J connectivity index is 2.28. The summed E-state index contributed by atoms with van der Waals surface area (Å²) in [6, 6.07) is 0.845. The minimum atomic E-state index is 0.350. The fourth-order valence-electron chi connectivity index (χ4n) is 1.18. The van der Waals surface area contributed by atoms with Gasteiger partial charge in [0.1, 0.15) is 0 Å². The molecule has 0 fully saturated rings.